The van der Waals surface area contributed by atoms with E-state index in [4.69, 9.17) is 16.3 Å². The smallest absolute Gasteiger partial charge is 0.212 e. The number of aromatic nitrogens is 3. The number of hydrogen-bond donors (Lipinski definition) is 0. The first-order chi connectivity index (χ1) is 15.2. The fourth-order valence-electron chi connectivity index (χ4n) is 2.75. The summed E-state index contributed by atoms with van der Waals surface area (Å²) in [6.07, 6.45) is 3.39. The van der Waals surface area contributed by atoms with E-state index in [-0.39, 0.29) is 0 Å². The fourth-order valence-corrected chi connectivity index (χ4v) is 3.70. The third-order valence-corrected chi connectivity index (χ3v) is 5.78. The quantitative estimate of drug-likeness (QED) is 0.245. The lowest BCUT2D eigenvalue weighted by atomic mass is 10.2. The van der Waals surface area contributed by atoms with Gasteiger partial charge >= 0.3 is 0 Å². The summed E-state index contributed by atoms with van der Waals surface area (Å²) in [5.74, 6) is 1.61. The van der Waals surface area contributed by atoms with E-state index in [0.29, 0.717) is 6.61 Å². The van der Waals surface area contributed by atoms with Gasteiger partial charge in [0.1, 0.15) is 18.7 Å². The summed E-state index contributed by atoms with van der Waals surface area (Å²) in [5.41, 5.74) is 4.52. The van der Waals surface area contributed by atoms with E-state index in [1.165, 1.54) is 11.1 Å². The Labute approximate surface area is 190 Å². The van der Waals surface area contributed by atoms with Crippen LogP contribution in [-0.4, -0.2) is 21.1 Å². The number of rotatable bonds is 8. The largest absolute Gasteiger partial charge is 0.489 e. The molecule has 0 saturated carbocycles. The molecule has 0 aliphatic rings. The number of halogens is 1. The predicted molar refractivity (Wildman–Crippen MR) is 126 cm³/mol. The van der Waals surface area contributed by atoms with Crippen molar-refractivity contribution in [2.75, 3.05) is 0 Å². The maximum Gasteiger partial charge on any atom is 0.212 e. The van der Waals surface area contributed by atoms with Crippen molar-refractivity contribution in [3.63, 3.8) is 0 Å². The van der Waals surface area contributed by atoms with Crippen molar-refractivity contribution in [3.05, 3.63) is 106 Å². The highest BCUT2D eigenvalue weighted by molar-refractivity contribution is 7.98. The SMILES string of the molecule is Cc1ccc(CSc2nncn2/N=C/c2ccc(OCc3ccc(Cl)cc3)cc2)cc1. The lowest BCUT2D eigenvalue weighted by Gasteiger charge is -2.06. The Morgan fingerprint density at radius 1 is 0.968 bits per heavy atom. The molecule has 5 nitrogen and oxygen atoms in total. The third kappa shape index (κ3) is 6.20. The molecule has 0 aliphatic carbocycles. The number of aryl methyl sites for hydroxylation is 1. The zero-order valence-corrected chi connectivity index (χ0v) is 18.6. The second kappa shape index (κ2) is 10.3. The van der Waals surface area contributed by atoms with E-state index in [2.05, 4.69) is 46.5 Å². The maximum absolute atomic E-state index is 5.91. The molecule has 1 aromatic heterocycles. The summed E-state index contributed by atoms with van der Waals surface area (Å²) in [6.45, 7) is 2.58. The first kappa shape index (κ1) is 21.2. The zero-order chi connectivity index (χ0) is 21.5. The molecule has 0 saturated heterocycles. The van der Waals surface area contributed by atoms with Crippen molar-refractivity contribution >= 4 is 29.6 Å². The van der Waals surface area contributed by atoms with Crippen LogP contribution in [0.1, 0.15) is 22.3 Å². The van der Waals surface area contributed by atoms with Crippen LogP contribution >= 0.6 is 23.4 Å². The number of benzene rings is 3. The maximum atomic E-state index is 5.91. The van der Waals surface area contributed by atoms with E-state index >= 15 is 0 Å². The minimum atomic E-state index is 0.493. The van der Waals surface area contributed by atoms with Crippen molar-refractivity contribution in [1.29, 1.82) is 0 Å². The van der Waals surface area contributed by atoms with Gasteiger partial charge in [-0.3, -0.25) is 0 Å². The van der Waals surface area contributed by atoms with Crippen molar-refractivity contribution in [2.45, 2.75) is 24.4 Å². The Balaban J connectivity index is 1.33. The molecular weight excluding hydrogens is 428 g/mol. The monoisotopic (exact) mass is 448 g/mol. The summed E-state index contributed by atoms with van der Waals surface area (Å²) in [7, 11) is 0. The van der Waals surface area contributed by atoms with E-state index < -0.39 is 0 Å². The van der Waals surface area contributed by atoms with Crippen LogP contribution in [0.15, 0.2) is 89.4 Å². The lowest BCUT2D eigenvalue weighted by Crippen LogP contribution is -1.96. The average molecular weight is 449 g/mol. The molecule has 0 spiro atoms. The highest BCUT2D eigenvalue weighted by atomic mass is 35.5. The van der Waals surface area contributed by atoms with Crippen molar-refractivity contribution in [2.24, 2.45) is 5.10 Å². The normalized spacial score (nSPS) is 11.2. The van der Waals surface area contributed by atoms with Crippen LogP contribution < -0.4 is 4.74 Å². The van der Waals surface area contributed by atoms with Crippen LogP contribution in [-0.2, 0) is 12.4 Å². The molecule has 0 aliphatic heterocycles. The standard InChI is InChI=1S/C24H21ClN4OS/c1-18-2-4-21(5-3-18)16-31-24-28-26-17-29(24)27-14-19-8-12-23(13-9-19)30-15-20-6-10-22(25)11-7-20/h2-14,17H,15-16H2,1H3/b27-14+. The molecule has 31 heavy (non-hydrogen) atoms. The Morgan fingerprint density at radius 3 is 2.42 bits per heavy atom. The highest BCUT2D eigenvalue weighted by Gasteiger charge is 2.05. The molecule has 1 heterocycles. The Bertz CT molecular complexity index is 1140. The van der Waals surface area contributed by atoms with Crippen molar-refractivity contribution in [1.82, 2.24) is 14.9 Å². The molecule has 4 aromatic rings. The minimum absolute atomic E-state index is 0.493. The highest BCUT2D eigenvalue weighted by Crippen LogP contribution is 2.21. The molecule has 0 fully saturated rings. The van der Waals surface area contributed by atoms with E-state index in [1.807, 2.05) is 48.5 Å². The van der Waals surface area contributed by atoms with Gasteiger partial charge in [-0.15, -0.1) is 10.2 Å². The van der Waals surface area contributed by atoms with Gasteiger partial charge in [0.2, 0.25) is 5.16 Å². The minimum Gasteiger partial charge on any atom is -0.489 e. The molecule has 3 aromatic carbocycles. The van der Waals surface area contributed by atoms with Crippen LogP contribution in [0.2, 0.25) is 5.02 Å². The Hall–Kier alpha value is -3.09. The molecule has 7 heteroatoms. The molecule has 0 radical (unpaired) electrons. The van der Waals surface area contributed by atoms with Gasteiger partial charge in [-0.1, -0.05) is 65.3 Å². The fraction of sp³-hybridized carbons (Fsp3) is 0.125. The zero-order valence-electron chi connectivity index (χ0n) is 17.0. The summed E-state index contributed by atoms with van der Waals surface area (Å²) in [5, 5.41) is 14.1. The molecule has 0 unspecified atom stereocenters. The van der Waals surface area contributed by atoms with E-state index in [0.717, 1.165) is 32.8 Å². The van der Waals surface area contributed by atoms with Crippen LogP contribution in [0, 0.1) is 6.92 Å². The van der Waals surface area contributed by atoms with Gasteiger partial charge < -0.3 is 4.74 Å². The molecule has 4 rings (SSSR count). The van der Waals surface area contributed by atoms with Crippen LogP contribution in [0.4, 0.5) is 0 Å². The van der Waals surface area contributed by atoms with Crippen LogP contribution in [0.3, 0.4) is 0 Å². The first-order valence-electron chi connectivity index (χ1n) is 9.76. The van der Waals surface area contributed by atoms with Gasteiger partial charge in [0.05, 0.1) is 6.21 Å². The average Bonchev–Trinajstić information content (AvgIpc) is 3.25. The van der Waals surface area contributed by atoms with Gasteiger partial charge in [0, 0.05) is 10.8 Å². The predicted octanol–water partition coefficient (Wildman–Crippen LogP) is 5.99. The first-order valence-corrected chi connectivity index (χ1v) is 11.1. The molecule has 0 N–H and O–H groups in total. The van der Waals surface area contributed by atoms with Gasteiger partial charge in [0.25, 0.3) is 0 Å². The van der Waals surface area contributed by atoms with Gasteiger partial charge in [-0.2, -0.15) is 9.78 Å². The summed E-state index contributed by atoms with van der Waals surface area (Å²) in [4.78, 5) is 0. The summed E-state index contributed by atoms with van der Waals surface area (Å²) in [6, 6.07) is 23.9. The van der Waals surface area contributed by atoms with Gasteiger partial charge in [-0.05, 0) is 60.0 Å². The number of hydrogen-bond acceptors (Lipinski definition) is 5. The number of nitrogens with zero attached hydrogens (tertiary/aromatic N) is 4. The van der Waals surface area contributed by atoms with Gasteiger partial charge in [0.15, 0.2) is 0 Å². The Kier molecular flexibility index (Phi) is 7.02. The molecule has 0 atom stereocenters. The summed E-state index contributed by atoms with van der Waals surface area (Å²) < 4.78 is 7.51. The van der Waals surface area contributed by atoms with Gasteiger partial charge in [-0.25, -0.2) is 0 Å². The van der Waals surface area contributed by atoms with Crippen molar-refractivity contribution < 1.29 is 4.74 Å². The number of thioether (sulfide) groups is 1. The summed E-state index contributed by atoms with van der Waals surface area (Å²) >= 11 is 7.51. The second-order valence-corrected chi connectivity index (χ2v) is 8.34. The third-order valence-electron chi connectivity index (χ3n) is 4.52. The van der Waals surface area contributed by atoms with Crippen LogP contribution in [0.25, 0.3) is 0 Å². The Morgan fingerprint density at radius 2 is 1.68 bits per heavy atom. The van der Waals surface area contributed by atoms with E-state index in [9.17, 15) is 0 Å². The topological polar surface area (TPSA) is 52.3 Å². The molecule has 0 bridgehead atoms. The lowest BCUT2D eigenvalue weighted by molar-refractivity contribution is 0.306. The molecule has 0 amide bonds. The number of ether oxygens (including phenoxy) is 1. The van der Waals surface area contributed by atoms with E-state index in [1.54, 1.807) is 29.0 Å². The molecular formula is C24H21ClN4OS. The van der Waals surface area contributed by atoms with Crippen molar-refractivity contribution in [3.8, 4) is 5.75 Å². The molecule has 156 valence electrons. The second-order valence-electron chi connectivity index (χ2n) is 6.96. The van der Waals surface area contributed by atoms with Crippen LogP contribution in [0.5, 0.6) is 5.75 Å².